The predicted molar refractivity (Wildman–Crippen MR) is 92.3 cm³/mol. The number of nitrogens with zero attached hydrogens (tertiary/aromatic N) is 2. The predicted octanol–water partition coefficient (Wildman–Crippen LogP) is 3.99. The van der Waals surface area contributed by atoms with Gasteiger partial charge in [-0.15, -0.1) is 0 Å². The van der Waals surface area contributed by atoms with Crippen molar-refractivity contribution in [2.45, 2.75) is 18.9 Å². The Morgan fingerprint density at radius 2 is 1.84 bits per heavy atom. The Morgan fingerprint density at radius 1 is 1.12 bits per heavy atom. The van der Waals surface area contributed by atoms with E-state index in [4.69, 9.17) is 4.52 Å². The smallest absolute Gasteiger partial charge is 0.223 e. The van der Waals surface area contributed by atoms with Crippen LogP contribution in [0.15, 0.2) is 71.4 Å². The Hall–Kier alpha value is -2.95. The minimum Gasteiger partial charge on any atom is -0.360 e. The zero-order valence-corrected chi connectivity index (χ0v) is 13.9. The lowest BCUT2D eigenvalue weighted by atomic mass is 9.88. The normalized spacial score (nSPS) is 11.9. The van der Waals surface area contributed by atoms with E-state index in [1.165, 1.54) is 6.07 Å². The highest BCUT2D eigenvalue weighted by Gasteiger charge is 2.23. The molecule has 0 aliphatic heterocycles. The summed E-state index contributed by atoms with van der Waals surface area (Å²) in [5.74, 6) is -0.124. The topological polar surface area (TPSA) is 46.3 Å². The first-order valence-corrected chi connectivity index (χ1v) is 8.08. The number of hydrogen-bond acceptors (Lipinski definition) is 3. The maximum absolute atomic E-state index is 14.3. The minimum atomic E-state index is -0.341. The summed E-state index contributed by atoms with van der Waals surface area (Å²) in [5, 5.41) is 3.64. The number of benzene rings is 2. The largest absolute Gasteiger partial charge is 0.360 e. The number of aromatic nitrogens is 1. The van der Waals surface area contributed by atoms with Crippen molar-refractivity contribution in [2.75, 3.05) is 7.05 Å². The number of rotatable bonds is 6. The highest BCUT2D eigenvalue weighted by molar-refractivity contribution is 5.77. The third-order valence-electron chi connectivity index (χ3n) is 4.17. The van der Waals surface area contributed by atoms with Gasteiger partial charge in [-0.25, -0.2) is 4.39 Å². The first-order chi connectivity index (χ1) is 12.1. The van der Waals surface area contributed by atoms with Gasteiger partial charge in [0.1, 0.15) is 5.82 Å². The summed E-state index contributed by atoms with van der Waals surface area (Å²) in [6.45, 7) is 0.331. The summed E-state index contributed by atoms with van der Waals surface area (Å²) >= 11 is 0. The molecule has 128 valence electrons. The molecule has 1 heterocycles. The zero-order chi connectivity index (χ0) is 17.6. The van der Waals surface area contributed by atoms with Crippen LogP contribution in [0.5, 0.6) is 0 Å². The molecule has 5 heteroatoms. The van der Waals surface area contributed by atoms with Gasteiger partial charge < -0.3 is 9.42 Å². The van der Waals surface area contributed by atoms with Crippen LogP contribution in [0.1, 0.15) is 29.2 Å². The number of halogens is 1. The summed E-state index contributed by atoms with van der Waals surface area (Å²) in [6, 6.07) is 17.8. The van der Waals surface area contributed by atoms with Gasteiger partial charge in [0, 0.05) is 25.5 Å². The number of carbonyl (C=O) groups is 1. The third kappa shape index (κ3) is 4.12. The highest BCUT2D eigenvalue weighted by atomic mass is 19.1. The SMILES string of the molecule is CN(Cc1ccno1)C(=O)C[C@H](c1ccccc1)c1ccccc1F. The van der Waals surface area contributed by atoms with Crippen LogP contribution in [0.4, 0.5) is 4.39 Å². The van der Waals surface area contributed by atoms with Crippen molar-refractivity contribution < 1.29 is 13.7 Å². The lowest BCUT2D eigenvalue weighted by Crippen LogP contribution is -2.28. The molecular weight excluding hydrogens is 319 g/mol. The van der Waals surface area contributed by atoms with Crippen LogP contribution in [-0.4, -0.2) is 23.0 Å². The van der Waals surface area contributed by atoms with Crippen molar-refractivity contribution in [3.63, 3.8) is 0 Å². The number of amides is 1. The van der Waals surface area contributed by atoms with Gasteiger partial charge in [-0.2, -0.15) is 0 Å². The van der Waals surface area contributed by atoms with E-state index in [1.807, 2.05) is 30.3 Å². The lowest BCUT2D eigenvalue weighted by Gasteiger charge is -2.22. The van der Waals surface area contributed by atoms with E-state index in [0.29, 0.717) is 17.9 Å². The van der Waals surface area contributed by atoms with Gasteiger partial charge in [0.15, 0.2) is 5.76 Å². The fourth-order valence-electron chi connectivity index (χ4n) is 2.83. The summed E-state index contributed by atoms with van der Waals surface area (Å²) in [4.78, 5) is 14.2. The Balaban J connectivity index is 1.83. The molecule has 0 saturated carbocycles. The molecule has 1 amide bonds. The molecule has 0 radical (unpaired) electrons. The number of hydrogen-bond donors (Lipinski definition) is 0. The van der Waals surface area contributed by atoms with Gasteiger partial charge in [0.2, 0.25) is 5.91 Å². The van der Waals surface area contributed by atoms with Crippen LogP contribution in [0.2, 0.25) is 0 Å². The Labute approximate surface area is 145 Å². The molecule has 0 saturated heterocycles. The van der Waals surface area contributed by atoms with Gasteiger partial charge in [0.05, 0.1) is 12.7 Å². The molecule has 0 N–H and O–H groups in total. The molecule has 1 aromatic heterocycles. The Bertz CT molecular complexity index is 819. The molecule has 1 atom stereocenters. The fourth-order valence-corrected chi connectivity index (χ4v) is 2.83. The standard InChI is InChI=1S/C20H19FN2O2/c1-23(14-16-11-12-22-25-16)20(24)13-18(15-7-3-2-4-8-15)17-9-5-6-10-19(17)21/h2-12,18H,13-14H2,1H3/t18-/m1/s1. The molecule has 0 bridgehead atoms. The summed E-state index contributed by atoms with van der Waals surface area (Å²) in [5.41, 5.74) is 1.43. The summed E-state index contributed by atoms with van der Waals surface area (Å²) in [6.07, 6.45) is 1.72. The van der Waals surface area contributed by atoms with Crippen molar-refractivity contribution in [3.8, 4) is 0 Å². The van der Waals surface area contributed by atoms with Crippen LogP contribution in [0, 0.1) is 5.82 Å². The average Bonchev–Trinajstić information content (AvgIpc) is 3.14. The second-order valence-corrected chi connectivity index (χ2v) is 5.92. The van der Waals surface area contributed by atoms with Crippen LogP contribution >= 0.6 is 0 Å². The molecule has 2 aromatic carbocycles. The van der Waals surface area contributed by atoms with Crippen molar-refractivity contribution in [1.29, 1.82) is 0 Å². The second-order valence-electron chi connectivity index (χ2n) is 5.92. The molecule has 0 aliphatic rings. The molecule has 4 nitrogen and oxygen atoms in total. The van der Waals surface area contributed by atoms with Crippen LogP contribution in [-0.2, 0) is 11.3 Å². The molecule has 3 aromatic rings. The van der Waals surface area contributed by atoms with Crippen molar-refractivity contribution in [2.24, 2.45) is 0 Å². The second kappa shape index (κ2) is 7.75. The van der Waals surface area contributed by atoms with Gasteiger partial charge in [-0.1, -0.05) is 53.7 Å². The molecule has 0 unspecified atom stereocenters. The molecule has 0 spiro atoms. The quantitative estimate of drug-likeness (QED) is 0.682. The maximum atomic E-state index is 14.3. The van der Waals surface area contributed by atoms with Gasteiger partial charge in [-0.3, -0.25) is 4.79 Å². The summed E-state index contributed by atoms with van der Waals surface area (Å²) < 4.78 is 19.4. The Morgan fingerprint density at radius 3 is 2.52 bits per heavy atom. The maximum Gasteiger partial charge on any atom is 0.223 e. The molecule has 0 fully saturated rings. The molecular formula is C20H19FN2O2. The van der Waals surface area contributed by atoms with Gasteiger partial charge in [-0.05, 0) is 17.2 Å². The molecule has 25 heavy (non-hydrogen) atoms. The lowest BCUT2D eigenvalue weighted by molar-refractivity contribution is -0.130. The van der Waals surface area contributed by atoms with E-state index >= 15 is 0 Å². The van der Waals surface area contributed by atoms with Crippen LogP contribution in [0.25, 0.3) is 0 Å². The van der Waals surface area contributed by atoms with E-state index < -0.39 is 0 Å². The van der Waals surface area contributed by atoms with Gasteiger partial charge >= 0.3 is 0 Å². The van der Waals surface area contributed by atoms with E-state index in [0.717, 1.165) is 5.56 Å². The van der Waals surface area contributed by atoms with Crippen LogP contribution in [0.3, 0.4) is 0 Å². The monoisotopic (exact) mass is 338 g/mol. The molecule has 0 aliphatic carbocycles. The van der Waals surface area contributed by atoms with E-state index in [2.05, 4.69) is 5.16 Å². The zero-order valence-electron chi connectivity index (χ0n) is 13.9. The third-order valence-corrected chi connectivity index (χ3v) is 4.17. The van der Waals surface area contributed by atoms with Crippen molar-refractivity contribution >= 4 is 5.91 Å². The number of carbonyl (C=O) groups excluding carboxylic acids is 1. The van der Waals surface area contributed by atoms with E-state index in [-0.39, 0.29) is 24.1 Å². The van der Waals surface area contributed by atoms with Gasteiger partial charge in [0.25, 0.3) is 0 Å². The summed E-state index contributed by atoms with van der Waals surface area (Å²) in [7, 11) is 1.70. The first kappa shape index (κ1) is 16.9. The van der Waals surface area contributed by atoms with Crippen molar-refractivity contribution in [1.82, 2.24) is 10.1 Å². The fraction of sp³-hybridized carbons (Fsp3) is 0.200. The average molecular weight is 338 g/mol. The Kier molecular flexibility index (Phi) is 5.23. The molecule has 3 rings (SSSR count). The van der Waals surface area contributed by atoms with E-state index in [1.54, 1.807) is 42.4 Å². The van der Waals surface area contributed by atoms with E-state index in [9.17, 15) is 9.18 Å². The van der Waals surface area contributed by atoms with Crippen molar-refractivity contribution in [3.05, 3.63) is 89.6 Å². The minimum absolute atomic E-state index is 0.0893. The van der Waals surface area contributed by atoms with Crippen LogP contribution < -0.4 is 0 Å². The highest BCUT2D eigenvalue weighted by Crippen LogP contribution is 2.30. The first-order valence-electron chi connectivity index (χ1n) is 8.08.